The molecule has 0 unspecified atom stereocenters. The first kappa shape index (κ1) is 28.9. The molecule has 0 heterocycles. The van der Waals surface area contributed by atoms with Crippen LogP contribution in [0.25, 0.3) is 0 Å². The minimum absolute atomic E-state index is 0.168. The maximum Gasteiger partial charge on any atom is 0.306 e. The molecule has 0 bridgehead atoms. The van der Waals surface area contributed by atoms with Crippen LogP contribution >= 0.6 is 0 Å². The molecule has 0 aliphatic rings. The highest BCUT2D eigenvalue weighted by Gasteiger charge is 2.14. The molecule has 0 saturated carbocycles. The van der Waals surface area contributed by atoms with Crippen LogP contribution in [-0.2, 0) is 16.1 Å². The van der Waals surface area contributed by atoms with E-state index in [2.05, 4.69) is 19.1 Å². The summed E-state index contributed by atoms with van der Waals surface area (Å²) < 4.78 is 21.4. The van der Waals surface area contributed by atoms with Crippen LogP contribution in [0.1, 0.15) is 102 Å². The molecule has 5 nitrogen and oxygen atoms in total. The van der Waals surface area contributed by atoms with Gasteiger partial charge in [-0.2, -0.15) is 0 Å². The topological polar surface area (TPSA) is 54.0 Å². The zero-order chi connectivity index (χ0) is 24.2. The summed E-state index contributed by atoms with van der Waals surface area (Å²) in [6.07, 6.45) is 21.3. The maximum absolute atomic E-state index is 12.1. The normalized spacial score (nSPS) is 11.0. The van der Waals surface area contributed by atoms with Gasteiger partial charge >= 0.3 is 5.97 Å². The quantitative estimate of drug-likeness (QED) is 0.112. The van der Waals surface area contributed by atoms with E-state index in [1.807, 2.05) is 0 Å². The zero-order valence-corrected chi connectivity index (χ0v) is 21.5. The Morgan fingerprint density at radius 2 is 1.24 bits per heavy atom. The van der Waals surface area contributed by atoms with Crippen LogP contribution in [0.2, 0.25) is 0 Å². The van der Waals surface area contributed by atoms with Crippen LogP contribution in [0.4, 0.5) is 0 Å². The lowest BCUT2D eigenvalue weighted by molar-refractivity contribution is -0.145. The highest BCUT2D eigenvalue weighted by molar-refractivity contribution is 5.69. The van der Waals surface area contributed by atoms with Gasteiger partial charge < -0.3 is 18.9 Å². The zero-order valence-electron chi connectivity index (χ0n) is 21.5. The summed E-state index contributed by atoms with van der Waals surface area (Å²) in [5.41, 5.74) is 0.807. The summed E-state index contributed by atoms with van der Waals surface area (Å²) in [5, 5.41) is 0. The van der Waals surface area contributed by atoms with Crippen molar-refractivity contribution in [3.63, 3.8) is 0 Å². The van der Waals surface area contributed by atoms with Crippen LogP contribution in [0.15, 0.2) is 24.3 Å². The molecule has 0 N–H and O–H groups in total. The Hall–Kier alpha value is -2.17. The van der Waals surface area contributed by atoms with Gasteiger partial charge in [-0.15, -0.1) is 0 Å². The third-order valence-corrected chi connectivity index (χ3v) is 5.77. The number of unbranched alkanes of at least 4 members (excludes halogenated alkanes) is 11. The molecule has 0 aliphatic heterocycles. The molecule has 0 fully saturated rings. The van der Waals surface area contributed by atoms with Gasteiger partial charge in [0.25, 0.3) is 0 Å². The van der Waals surface area contributed by atoms with Crippen molar-refractivity contribution in [1.29, 1.82) is 0 Å². The Morgan fingerprint density at radius 3 is 1.76 bits per heavy atom. The van der Waals surface area contributed by atoms with Gasteiger partial charge in [0.1, 0.15) is 6.61 Å². The predicted octanol–water partition coefficient (Wildman–Crippen LogP) is 7.79. The molecule has 5 heteroatoms. The number of hydrogen-bond donors (Lipinski definition) is 0. The molecule has 1 aromatic carbocycles. The highest BCUT2D eigenvalue weighted by atomic mass is 16.5. The van der Waals surface area contributed by atoms with Crippen LogP contribution in [-0.4, -0.2) is 27.3 Å². The number of rotatable bonds is 20. The van der Waals surface area contributed by atoms with E-state index in [9.17, 15) is 4.79 Å². The molecule has 1 rings (SSSR count). The molecule has 0 aliphatic carbocycles. The first-order valence-electron chi connectivity index (χ1n) is 12.8. The number of esters is 1. The van der Waals surface area contributed by atoms with Crippen LogP contribution in [0.5, 0.6) is 17.2 Å². The van der Waals surface area contributed by atoms with Crippen LogP contribution in [0, 0.1) is 0 Å². The number of benzene rings is 1. The Morgan fingerprint density at radius 1 is 0.727 bits per heavy atom. The average molecular weight is 463 g/mol. The van der Waals surface area contributed by atoms with Crippen molar-refractivity contribution in [3.05, 3.63) is 29.8 Å². The van der Waals surface area contributed by atoms with Gasteiger partial charge in [-0.25, -0.2) is 0 Å². The van der Waals surface area contributed by atoms with Gasteiger partial charge in [-0.1, -0.05) is 70.4 Å². The van der Waals surface area contributed by atoms with Gasteiger partial charge in [0, 0.05) is 6.42 Å². The summed E-state index contributed by atoms with van der Waals surface area (Å²) >= 11 is 0. The number of allylic oxidation sites excluding steroid dienone is 2. The molecule has 0 spiro atoms. The van der Waals surface area contributed by atoms with Crippen LogP contribution in [0.3, 0.4) is 0 Å². The molecule has 0 atom stereocenters. The third kappa shape index (κ3) is 13.2. The first-order valence-corrected chi connectivity index (χ1v) is 12.8. The standard InChI is InChI=1S/C28H46O5/c1-5-6-7-8-9-10-11-12-13-14-15-16-17-18-19-20-27(29)33-23-24-21-25(30-2)28(32-4)26(22-24)31-3/h13-14,21-22H,5-12,15-20,23H2,1-4H3/b14-13-. The second-order valence-corrected chi connectivity index (χ2v) is 8.53. The number of ether oxygens (including phenoxy) is 4. The molecule has 0 radical (unpaired) electrons. The summed E-state index contributed by atoms with van der Waals surface area (Å²) in [6.45, 7) is 2.46. The van der Waals surface area contributed by atoms with Gasteiger partial charge in [-0.05, 0) is 49.8 Å². The Bertz CT molecular complexity index is 643. The molecule has 0 aromatic heterocycles. The monoisotopic (exact) mass is 462 g/mol. The minimum atomic E-state index is -0.168. The lowest BCUT2D eigenvalue weighted by Gasteiger charge is -2.14. The Kier molecular flexibility index (Phi) is 16.9. The molecular weight excluding hydrogens is 416 g/mol. The van der Waals surface area contributed by atoms with Gasteiger partial charge in [0.05, 0.1) is 21.3 Å². The summed E-state index contributed by atoms with van der Waals surface area (Å²) in [5.74, 6) is 1.47. The van der Waals surface area contributed by atoms with Gasteiger partial charge in [0.2, 0.25) is 5.75 Å². The van der Waals surface area contributed by atoms with E-state index >= 15 is 0 Å². The van der Waals surface area contributed by atoms with Crippen molar-refractivity contribution in [2.75, 3.05) is 21.3 Å². The van der Waals surface area contributed by atoms with Crippen molar-refractivity contribution in [3.8, 4) is 17.2 Å². The van der Waals surface area contributed by atoms with E-state index < -0.39 is 0 Å². The molecule has 188 valence electrons. The summed E-state index contributed by atoms with van der Waals surface area (Å²) in [6, 6.07) is 3.60. The molecule has 1 aromatic rings. The summed E-state index contributed by atoms with van der Waals surface area (Å²) in [4.78, 5) is 12.1. The Balaban J connectivity index is 2.07. The second kappa shape index (κ2) is 19.3. The van der Waals surface area contributed by atoms with E-state index in [1.54, 1.807) is 33.5 Å². The Labute approximate surface area is 201 Å². The first-order chi connectivity index (χ1) is 16.2. The fourth-order valence-electron chi connectivity index (χ4n) is 3.79. The average Bonchev–Trinajstić information content (AvgIpc) is 2.84. The van der Waals surface area contributed by atoms with Crippen molar-refractivity contribution in [1.82, 2.24) is 0 Å². The van der Waals surface area contributed by atoms with Crippen molar-refractivity contribution in [2.24, 2.45) is 0 Å². The maximum atomic E-state index is 12.1. The third-order valence-electron chi connectivity index (χ3n) is 5.77. The largest absolute Gasteiger partial charge is 0.493 e. The number of hydrogen-bond acceptors (Lipinski definition) is 5. The molecule has 33 heavy (non-hydrogen) atoms. The number of carbonyl (C=O) groups excluding carboxylic acids is 1. The van der Waals surface area contributed by atoms with Gasteiger partial charge in [0.15, 0.2) is 11.5 Å². The number of carbonyl (C=O) groups is 1. The van der Waals surface area contributed by atoms with Crippen molar-refractivity contribution >= 4 is 5.97 Å². The van der Waals surface area contributed by atoms with E-state index in [-0.39, 0.29) is 12.6 Å². The summed E-state index contributed by atoms with van der Waals surface area (Å²) in [7, 11) is 4.70. The fraction of sp³-hybridized carbons (Fsp3) is 0.679. The molecule has 0 saturated heterocycles. The minimum Gasteiger partial charge on any atom is -0.493 e. The second-order valence-electron chi connectivity index (χ2n) is 8.53. The van der Waals surface area contributed by atoms with Crippen molar-refractivity contribution < 1.29 is 23.7 Å². The van der Waals surface area contributed by atoms with E-state index in [0.29, 0.717) is 23.7 Å². The molecular formula is C28H46O5. The number of methoxy groups -OCH3 is 3. The van der Waals surface area contributed by atoms with E-state index in [4.69, 9.17) is 18.9 Å². The smallest absolute Gasteiger partial charge is 0.306 e. The fourth-order valence-corrected chi connectivity index (χ4v) is 3.79. The lowest BCUT2D eigenvalue weighted by Crippen LogP contribution is -2.05. The molecule has 0 amide bonds. The van der Waals surface area contributed by atoms with E-state index in [1.165, 1.54) is 57.8 Å². The van der Waals surface area contributed by atoms with Crippen LogP contribution < -0.4 is 14.2 Å². The lowest BCUT2D eigenvalue weighted by atomic mass is 10.1. The SMILES string of the molecule is CCCCCCCCC/C=C\CCCCCCC(=O)OCc1cc(OC)c(OC)c(OC)c1. The predicted molar refractivity (Wildman–Crippen MR) is 135 cm³/mol. The highest BCUT2D eigenvalue weighted by Crippen LogP contribution is 2.38. The van der Waals surface area contributed by atoms with Crippen molar-refractivity contribution in [2.45, 2.75) is 103 Å². The van der Waals surface area contributed by atoms with Gasteiger partial charge in [-0.3, -0.25) is 4.79 Å². The van der Waals surface area contributed by atoms with E-state index in [0.717, 1.165) is 31.2 Å².